The molecule has 4 nitrogen and oxygen atoms in total. The van der Waals surface area contributed by atoms with Gasteiger partial charge in [0, 0.05) is 36.2 Å². The highest BCUT2D eigenvalue weighted by molar-refractivity contribution is 5.88. The van der Waals surface area contributed by atoms with Gasteiger partial charge in [-0.25, -0.2) is 0 Å². The number of hydrogen-bond donors (Lipinski definition) is 1. The van der Waals surface area contributed by atoms with Crippen LogP contribution in [0.2, 0.25) is 0 Å². The highest BCUT2D eigenvalue weighted by Crippen LogP contribution is 2.23. The van der Waals surface area contributed by atoms with Gasteiger partial charge in [-0.2, -0.15) is 0 Å². The zero-order valence-corrected chi connectivity index (χ0v) is 13.6. The van der Waals surface area contributed by atoms with Gasteiger partial charge in [-0.1, -0.05) is 18.2 Å². The van der Waals surface area contributed by atoms with E-state index in [0.29, 0.717) is 12.5 Å². The highest BCUT2D eigenvalue weighted by atomic mass is 16.2. The zero-order valence-electron chi connectivity index (χ0n) is 13.6. The van der Waals surface area contributed by atoms with Crippen LogP contribution >= 0.6 is 0 Å². The minimum atomic E-state index is 0.277. The Hall–Kier alpha value is -1.81. The number of nitrogens with one attached hydrogen (secondary N) is 1. The van der Waals surface area contributed by atoms with E-state index < -0.39 is 0 Å². The molecular weight excluding hydrogens is 286 g/mol. The molecule has 2 fully saturated rings. The van der Waals surface area contributed by atoms with Crippen molar-refractivity contribution in [2.75, 3.05) is 26.2 Å². The summed E-state index contributed by atoms with van der Waals surface area (Å²) in [5.74, 6) is 0.277. The molecule has 0 aliphatic carbocycles. The average Bonchev–Trinajstić information content (AvgIpc) is 3.25. The number of aromatic amines is 1. The Morgan fingerprint density at radius 3 is 2.83 bits per heavy atom. The molecule has 1 aromatic heterocycles. The molecule has 0 saturated carbocycles. The molecule has 0 spiro atoms. The van der Waals surface area contributed by atoms with Crippen molar-refractivity contribution < 1.29 is 4.79 Å². The molecule has 0 bridgehead atoms. The third-order valence-electron chi connectivity index (χ3n) is 5.42. The fraction of sp³-hybridized carbons (Fsp3) is 0.526. The normalized spacial score (nSPS) is 22.8. The Balaban J connectivity index is 1.44. The predicted octanol–water partition coefficient (Wildman–Crippen LogP) is 2.80. The lowest BCUT2D eigenvalue weighted by molar-refractivity contribution is -0.132. The number of rotatable bonds is 3. The van der Waals surface area contributed by atoms with Crippen LogP contribution in [0.5, 0.6) is 0 Å². The number of para-hydroxylation sites is 1. The average molecular weight is 311 g/mol. The van der Waals surface area contributed by atoms with Crippen molar-refractivity contribution in [3.8, 4) is 0 Å². The van der Waals surface area contributed by atoms with Crippen LogP contribution in [0.3, 0.4) is 0 Å². The molecule has 4 heteroatoms. The number of fused-ring (bicyclic) bond motifs is 1. The first-order valence-corrected chi connectivity index (χ1v) is 8.88. The van der Waals surface area contributed by atoms with Crippen LogP contribution in [0.4, 0.5) is 0 Å². The second-order valence-corrected chi connectivity index (χ2v) is 6.92. The van der Waals surface area contributed by atoms with Gasteiger partial charge in [0.05, 0.1) is 6.42 Å². The molecule has 2 aliphatic heterocycles. The first kappa shape index (κ1) is 14.8. The van der Waals surface area contributed by atoms with Crippen LogP contribution < -0.4 is 0 Å². The summed E-state index contributed by atoms with van der Waals surface area (Å²) in [5.41, 5.74) is 2.23. The van der Waals surface area contributed by atoms with Gasteiger partial charge in [0.2, 0.25) is 5.91 Å². The van der Waals surface area contributed by atoms with Crippen molar-refractivity contribution in [1.82, 2.24) is 14.8 Å². The molecule has 122 valence electrons. The molecule has 2 saturated heterocycles. The number of hydrogen-bond acceptors (Lipinski definition) is 2. The lowest BCUT2D eigenvalue weighted by atomic mass is 10.0. The Morgan fingerprint density at radius 2 is 1.96 bits per heavy atom. The fourth-order valence-corrected chi connectivity index (χ4v) is 4.14. The summed E-state index contributed by atoms with van der Waals surface area (Å²) in [5, 5.41) is 1.17. The van der Waals surface area contributed by atoms with Gasteiger partial charge in [0.1, 0.15) is 0 Å². The molecule has 2 aromatic rings. The number of carbonyl (C=O) groups is 1. The molecule has 4 rings (SSSR count). The van der Waals surface area contributed by atoms with Gasteiger partial charge in [-0.15, -0.1) is 0 Å². The zero-order chi connectivity index (χ0) is 15.6. The summed E-state index contributed by atoms with van der Waals surface area (Å²) in [6.45, 7) is 4.27. The Bertz CT molecular complexity index is 687. The Labute approximate surface area is 137 Å². The van der Waals surface area contributed by atoms with Crippen LogP contribution in [0.1, 0.15) is 31.2 Å². The second-order valence-electron chi connectivity index (χ2n) is 6.92. The maximum atomic E-state index is 12.8. The third-order valence-corrected chi connectivity index (χ3v) is 5.42. The monoisotopic (exact) mass is 311 g/mol. The van der Waals surface area contributed by atoms with Crippen molar-refractivity contribution >= 4 is 16.8 Å². The topological polar surface area (TPSA) is 39.3 Å². The maximum absolute atomic E-state index is 12.8. The van der Waals surface area contributed by atoms with Gasteiger partial charge in [0.15, 0.2) is 0 Å². The SMILES string of the molecule is O=C(Cc1c[nH]c2ccccc12)N1CCC[C@@H](N2CCCC2)C1. The lowest BCUT2D eigenvalue weighted by Gasteiger charge is -2.37. The fourth-order valence-electron chi connectivity index (χ4n) is 4.14. The minimum absolute atomic E-state index is 0.277. The highest BCUT2D eigenvalue weighted by Gasteiger charge is 2.29. The van der Waals surface area contributed by atoms with Crippen molar-refractivity contribution in [3.05, 3.63) is 36.0 Å². The largest absolute Gasteiger partial charge is 0.361 e. The van der Waals surface area contributed by atoms with Gasteiger partial charge in [0.25, 0.3) is 0 Å². The van der Waals surface area contributed by atoms with E-state index in [2.05, 4.69) is 26.9 Å². The molecule has 1 N–H and O–H groups in total. The summed E-state index contributed by atoms with van der Waals surface area (Å²) in [7, 11) is 0. The van der Waals surface area contributed by atoms with E-state index in [-0.39, 0.29) is 5.91 Å². The molecule has 0 radical (unpaired) electrons. The quantitative estimate of drug-likeness (QED) is 0.947. The molecule has 1 amide bonds. The van der Waals surface area contributed by atoms with Crippen molar-refractivity contribution in [2.45, 2.75) is 38.1 Å². The summed E-state index contributed by atoms with van der Waals surface area (Å²) in [6, 6.07) is 8.80. The number of nitrogens with zero attached hydrogens (tertiary/aromatic N) is 2. The minimum Gasteiger partial charge on any atom is -0.361 e. The van der Waals surface area contributed by atoms with E-state index in [0.717, 1.165) is 30.6 Å². The van der Waals surface area contributed by atoms with E-state index in [9.17, 15) is 4.79 Å². The number of likely N-dealkylation sites (tertiary alicyclic amines) is 2. The molecule has 1 atom stereocenters. The van der Waals surface area contributed by atoms with Crippen LogP contribution in [0, 0.1) is 0 Å². The molecule has 0 unspecified atom stereocenters. The Kier molecular flexibility index (Phi) is 4.08. The van der Waals surface area contributed by atoms with Gasteiger partial charge < -0.3 is 9.88 Å². The summed E-state index contributed by atoms with van der Waals surface area (Å²) < 4.78 is 0. The van der Waals surface area contributed by atoms with E-state index in [1.165, 1.54) is 37.7 Å². The van der Waals surface area contributed by atoms with Crippen LogP contribution in [0.15, 0.2) is 30.5 Å². The summed E-state index contributed by atoms with van der Waals surface area (Å²) in [6.07, 6.45) is 7.53. The van der Waals surface area contributed by atoms with Crippen molar-refractivity contribution in [2.24, 2.45) is 0 Å². The van der Waals surface area contributed by atoms with E-state index in [1.807, 2.05) is 18.3 Å². The van der Waals surface area contributed by atoms with E-state index >= 15 is 0 Å². The maximum Gasteiger partial charge on any atom is 0.227 e. The van der Waals surface area contributed by atoms with Gasteiger partial charge in [-0.05, 0) is 50.4 Å². The number of benzene rings is 1. The lowest BCUT2D eigenvalue weighted by Crippen LogP contribution is -2.49. The number of aromatic nitrogens is 1. The van der Waals surface area contributed by atoms with E-state index in [4.69, 9.17) is 0 Å². The number of piperidine rings is 1. The van der Waals surface area contributed by atoms with E-state index in [1.54, 1.807) is 0 Å². The van der Waals surface area contributed by atoms with Crippen LogP contribution in [0.25, 0.3) is 10.9 Å². The predicted molar refractivity (Wildman–Crippen MR) is 92.4 cm³/mol. The van der Waals surface area contributed by atoms with Crippen molar-refractivity contribution in [1.29, 1.82) is 0 Å². The molecule has 23 heavy (non-hydrogen) atoms. The molecule has 3 heterocycles. The number of H-pyrrole nitrogens is 1. The molecular formula is C19H25N3O. The first-order valence-electron chi connectivity index (χ1n) is 8.88. The smallest absolute Gasteiger partial charge is 0.227 e. The standard InChI is InChI=1S/C19H25N3O/c23-19(12-15-13-20-18-8-2-1-7-17(15)18)22-11-5-6-16(14-22)21-9-3-4-10-21/h1-2,7-8,13,16,20H,3-6,9-12,14H2/t16-/m1/s1. The molecule has 1 aromatic carbocycles. The number of amides is 1. The van der Waals surface area contributed by atoms with Crippen LogP contribution in [-0.4, -0.2) is 52.9 Å². The van der Waals surface area contributed by atoms with Gasteiger partial charge >= 0.3 is 0 Å². The van der Waals surface area contributed by atoms with Crippen molar-refractivity contribution in [3.63, 3.8) is 0 Å². The summed E-state index contributed by atoms with van der Waals surface area (Å²) in [4.78, 5) is 20.7. The number of carbonyl (C=O) groups excluding carboxylic acids is 1. The molecule has 2 aliphatic rings. The van der Waals surface area contributed by atoms with Gasteiger partial charge in [-0.3, -0.25) is 9.69 Å². The second kappa shape index (κ2) is 6.36. The third kappa shape index (κ3) is 3.00. The van der Waals surface area contributed by atoms with Crippen LogP contribution in [-0.2, 0) is 11.2 Å². The summed E-state index contributed by atoms with van der Waals surface area (Å²) >= 11 is 0. The Morgan fingerprint density at radius 1 is 1.13 bits per heavy atom. The first-order chi connectivity index (χ1) is 11.3.